The molecule has 2 N–H and O–H groups in total. The molecule has 2 nitrogen and oxygen atoms in total. The number of rotatable bonds is 3. The number of benzene rings is 2. The molecule has 0 unspecified atom stereocenters. The molecule has 0 aliphatic carbocycles. The highest BCUT2D eigenvalue weighted by Gasteiger charge is 2.06. The number of nitrogens with two attached hydrogens (primary N) is 1. The minimum absolute atomic E-state index is 0.0123. The molecule has 0 heterocycles. The lowest BCUT2D eigenvalue weighted by Gasteiger charge is -2.08. The van der Waals surface area contributed by atoms with Crippen molar-refractivity contribution < 1.29 is 13.5 Å². The molecular formula is C16H12ClF2NO. The summed E-state index contributed by atoms with van der Waals surface area (Å²) in [6, 6.07) is 8.55. The zero-order valence-electron chi connectivity index (χ0n) is 11.0. The third-order valence-corrected chi connectivity index (χ3v) is 2.96. The molecule has 0 bridgehead atoms. The van der Waals surface area contributed by atoms with Gasteiger partial charge in [0.05, 0.1) is 11.6 Å². The topological polar surface area (TPSA) is 35.2 Å². The summed E-state index contributed by atoms with van der Waals surface area (Å²) < 4.78 is 32.2. The second-order valence-electron chi connectivity index (χ2n) is 4.18. The molecule has 2 aromatic carbocycles. The minimum atomic E-state index is -0.530. The third kappa shape index (κ3) is 4.19. The van der Waals surface area contributed by atoms with Gasteiger partial charge in [0, 0.05) is 17.2 Å². The Morgan fingerprint density at radius 1 is 1.10 bits per heavy atom. The predicted octanol–water partition coefficient (Wildman–Crippen LogP) is 3.51. The predicted molar refractivity (Wildman–Crippen MR) is 78.1 cm³/mol. The van der Waals surface area contributed by atoms with Crippen molar-refractivity contribution in [2.75, 3.05) is 6.54 Å². The summed E-state index contributed by atoms with van der Waals surface area (Å²) in [4.78, 5) is 0. The Labute approximate surface area is 126 Å². The van der Waals surface area contributed by atoms with Gasteiger partial charge in [0.25, 0.3) is 0 Å². The van der Waals surface area contributed by atoms with Crippen molar-refractivity contribution in [2.24, 2.45) is 5.73 Å². The van der Waals surface area contributed by atoms with Crippen LogP contribution in [0.15, 0.2) is 36.4 Å². The molecule has 0 radical (unpaired) electrons. The summed E-state index contributed by atoms with van der Waals surface area (Å²) in [7, 11) is 0. The van der Waals surface area contributed by atoms with Crippen LogP contribution in [0.5, 0.6) is 5.75 Å². The molecule has 0 saturated heterocycles. The van der Waals surface area contributed by atoms with Gasteiger partial charge in [-0.1, -0.05) is 29.5 Å². The molecule has 0 aromatic heterocycles. The molecule has 2 aromatic rings. The van der Waals surface area contributed by atoms with Crippen LogP contribution in [0, 0.1) is 23.5 Å². The van der Waals surface area contributed by atoms with Gasteiger partial charge in [-0.2, -0.15) is 0 Å². The first-order chi connectivity index (χ1) is 10.1. The van der Waals surface area contributed by atoms with Crippen molar-refractivity contribution in [3.05, 3.63) is 64.2 Å². The van der Waals surface area contributed by atoms with Gasteiger partial charge in [-0.15, -0.1) is 0 Å². The van der Waals surface area contributed by atoms with Crippen LogP contribution in [0.1, 0.15) is 11.1 Å². The number of hydrogen-bond donors (Lipinski definition) is 1. The van der Waals surface area contributed by atoms with E-state index in [1.807, 2.05) is 0 Å². The van der Waals surface area contributed by atoms with Crippen LogP contribution < -0.4 is 10.5 Å². The van der Waals surface area contributed by atoms with Crippen molar-refractivity contribution >= 4 is 11.6 Å². The highest BCUT2D eigenvalue weighted by molar-refractivity contribution is 6.30. The highest BCUT2D eigenvalue weighted by Crippen LogP contribution is 2.22. The fourth-order valence-corrected chi connectivity index (χ4v) is 1.79. The lowest BCUT2D eigenvalue weighted by molar-refractivity contribution is 0.299. The van der Waals surface area contributed by atoms with Crippen molar-refractivity contribution in [2.45, 2.75) is 6.61 Å². The summed E-state index contributed by atoms with van der Waals surface area (Å²) in [5.41, 5.74) is 6.17. The summed E-state index contributed by atoms with van der Waals surface area (Å²) in [6.07, 6.45) is 0. The molecular weight excluding hydrogens is 296 g/mol. The van der Waals surface area contributed by atoms with Gasteiger partial charge in [0.15, 0.2) is 0 Å². The van der Waals surface area contributed by atoms with Crippen LogP contribution in [0.4, 0.5) is 8.78 Å². The molecule has 0 aliphatic rings. The normalized spacial score (nSPS) is 9.90. The lowest BCUT2D eigenvalue weighted by atomic mass is 10.1. The fourth-order valence-electron chi connectivity index (χ4n) is 1.62. The fraction of sp³-hybridized carbons (Fsp3) is 0.125. The molecule has 0 atom stereocenters. The van der Waals surface area contributed by atoms with Crippen LogP contribution in [-0.2, 0) is 6.61 Å². The second kappa shape index (κ2) is 7.07. The molecule has 0 amide bonds. The molecule has 2 rings (SSSR count). The maximum Gasteiger partial charge on any atom is 0.142 e. The smallest absolute Gasteiger partial charge is 0.142 e. The van der Waals surface area contributed by atoms with Crippen molar-refractivity contribution in [1.82, 2.24) is 0 Å². The van der Waals surface area contributed by atoms with Gasteiger partial charge < -0.3 is 10.5 Å². The summed E-state index contributed by atoms with van der Waals surface area (Å²) in [5.74, 6) is 4.81. The van der Waals surface area contributed by atoms with Gasteiger partial charge in [-0.25, -0.2) is 8.78 Å². The third-order valence-electron chi connectivity index (χ3n) is 2.67. The van der Waals surface area contributed by atoms with E-state index in [2.05, 4.69) is 11.8 Å². The molecule has 21 heavy (non-hydrogen) atoms. The quantitative estimate of drug-likeness (QED) is 0.881. The first kappa shape index (κ1) is 15.3. The number of ether oxygens (including phenoxy) is 1. The Bertz CT molecular complexity index is 707. The van der Waals surface area contributed by atoms with Gasteiger partial charge >= 0.3 is 0 Å². The first-order valence-corrected chi connectivity index (χ1v) is 6.53. The molecule has 0 saturated carbocycles. The SMILES string of the molecule is NCC#Cc1ccc(COc2ccc(F)c(Cl)c2)c(F)c1. The summed E-state index contributed by atoms with van der Waals surface area (Å²) in [6.45, 7) is 0.232. The average Bonchev–Trinajstić information content (AvgIpc) is 2.47. The van der Waals surface area contributed by atoms with E-state index in [0.29, 0.717) is 16.9 Å². The van der Waals surface area contributed by atoms with Crippen LogP contribution in [0.2, 0.25) is 5.02 Å². The van der Waals surface area contributed by atoms with Crippen molar-refractivity contribution in [3.63, 3.8) is 0 Å². The Morgan fingerprint density at radius 3 is 2.57 bits per heavy atom. The highest BCUT2D eigenvalue weighted by atomic mass is 35.5. The maximum atomic E-state index is 13.9. The Kier molecular flexibility index (Phi) is 5.15. The number of halogens is 3. The van der Waals surface area contributed by atoms with Crippen LogP contribution in [0.25, 0.3) is 0 Å². The van der Waals surface area contributed by atoms with Gasteiger partial charge in [0.2, 0.25) is 0 Å². The minimum Gasteiger partial charge on any atom is -0.489 e. The lowest BCUT2D eigenvalue weighted by Crippen LogP contribution is -1.99. The molecule has 0 fully saturated rings. The Morgan fingerprint density at radius 2 is 1.90 bits per heavy atom. The van der Waals surface area contributed by atoms with E-state index in [4.69, 9.17) is 22.1 Å². The first-order valence-electron chi connectivity index (χ1n) is 6.15. The Hall–Kier alpha value is -2.09. The van der Waals surface area contributed by atoms with E-state index in [1.54, 1.807) is 12.1 Å². The van der Waals surface area contributed by atoms with Gasteiger partial charge in [-0.05, 0) is 24.3 Å². The van der Waals surface area contributed by atoms with E-state index in [1.165, 1.54) is 24.3 Å². The van der Waals surface area contributed by atoms with E-state index < -0.39 is 11.6 Å². The largest absolute Gasteiger partial charge is 0.489 e. The van der Waals surface area contributed by atoms with Gasteiger partial charge in [-0.3, -0.25) is 0 Å². The molecule has 0 aliphatic heterocycles. The maximum absolute atomic E-state index is 13.9. The number of hydrogen-bond acceptors (Lipinski definition) is 2. The Balaban J connectivity index is 2.07. The van der Waals surface area contributed by atoms with Crippen LogP contribution >= 0.6 is 11.6 Å². The average molecular weight is 308 g/mol. The van der Waals surface area contributed by atoms with Crippen LogP contribution in [0.3, 0.4) is 0 Å². The van der Waals surface area contributed by atoms with E-state index in [0.717, 1.165) is 0 Å². The van der Waals surface area contributed by atoms with Crippen molar-refractivity contribution in [1.29, 1.82) is 0 Å². The molecule has 108 valence electrons. The molecule has 5 heteroatoms. The summed E-state index contributed by atoms with van der Waals surface area (Å²) in [5, 5.41) is -0.0413. The summed E-state index contributed by atoms with van der Waals surface area (Å²) >= 11 is 5.64. The zero-order valence-corrected chi connectivity index (χ0v) is 11.8. The van der Waals surface area contributed by atoms with E-state index in [9.17, 15) is 8.78 Å². The van der Waals surface area contributed by atoms with E-state index >= 15 is 0 Å². The standard InChI is InChI=1S/C16H12ClF2NO/c17-14-9-13(5-6-15(14)18)21-10-12-4-3-11(2-1-7-20)8-16(12)19/h3-6,8-9H,7,10,20H2. The molecule has 0 spiro atoms. The van der Waals surface area contributed by atoms with Gasteiger partial charge in [0.1, 0.15) is 24.0 Å². The van der Waals surface area contributed by atoms with Crippen LogP contribution in [-0.4, -0.2) is 6.54 Å². The monoisotopic (exact) mass is 307 g/mol. The zero-order chi connectivity index (χ0) is 15.2. The van der Waals surface area contributed by atoms with E-state index in [-0.39, 0.29) is 18.2 Å². The van der Waals surface area contributed by atoms with Crippen molar-refractivity contribution in [3.8, 4) is 17.6 Å². The second-order valence-corrected chi connectivity index (χ2v) is 4.58.